The fourth-order valence-electron chi connectivity index (χ4n) is 11.9. The number of unbranched alkanes of at least 4 members (excludes halogenated alkanes) is 12. The van der Waals surface area contributed by atoms with Crippen LogP contribution in [-0.2, 0) is 25.7 Å². The van der Waals surface area contributed by atoms with E-state index < -0.39 is 0 Å². The van der Waals surface area contributed by atoms with Crippen molar-refractivity contribution in [1.82, 2.24) is 9.13 Å². The summed E-state index contributed by atoms with van der Waals surface area (Å²) in [6.07, 6.45) is 24.3. The summed E-state index contributed by atoms with van der Waals surface area (Å²) >= 11 is 8.18. The van der Waals surface area contributed by atoms with Crippen LogP contribution in [0.4, 0.5) is 0 Å². The van der Waals surface area contributed by atoms with Gasteiger partial charge in [-0.25, -0.2) is 0 Å². The van der Waals surface area contributed by atoms with Gasteiger partial charge in [0.2, 0.25) is 0 Å². The highest BCUT2D eigenvalue weighted by molar-refractivity contribution is 9.10. The molecular formula is C68H74Br2N2. The van der Waals surface area contributed by atoms with E-state index in [1.807, 2.05) is 0 Å². The van der Waals surface area contributed by atoms with Gasteiger partial charge in [0, 0.05) is 41.9 Å². The standard InChI is InChI=1S/C68H74Br2N2/c1-5-9-13-17-27-51-45-65(53(43-59(51)69)29-19-15-11-7-3)71-61-37-35-49(41-57(61)67-55-31-23-21-25-47(55)33-39-63(67)71)50-36-38-62-58(42-50)68-56-32-24-22-26-48(56)34-40-64(68)72(62)66-46-52(28-18-14-10-6-2)60(70)44-54(66)30-20-16-12-8-4/h21-26,31-46H,5-20,27-30H2,1-4H3. The highest BCUT2D eigenvalue weighted by Crippen LogP contribution is 2.44. The van der Waals surface area contributed by atoms with Gasteiger partial charge in [0.1, 0.15) is 0 Å². The lowest BCUT2D eigenvalue weighted by Gasteiger charge is -2.18. The van der Waals surface area contributed by atoms with Gasteiger partial charge in [-0.15, -0.1) is 0 Å². The second-order valence-electron chi connectivity index (χ2n) is 20.9. The lowest BCUT2D eigenvalue weighted by Crippen LogP contribution is -2.03. The van der Waals surface area contributed by atoms with Gasteiger partial charge in [-0.05, 0) is 167 Å². The van der Waals surface area contributed by atoms with E-state index in [1.165, 1.54) is 222 Å². The van der Waals surface area contributed by atoms with Crippen LogP contribution >= 0.6 is 31.9 Å². The van der Waals surface area contributed by atoms with E-state index >= 15 is 0 Å². The summed E-state index contributed by atoms with van der Waals surface area (Å²) in [6, 6.07) is 52.2. The van der Waals surface area contributed by atoms with Crippen LogP contribution in [0.1, 0.15) is 153 Å². The third kappa shape index (κ3) is 10.2. The maximum absolute atomic E-state index is 4.09. The van der Waals surface area contributed by atoms with Gasteiger partial charge in [0.15, 0.2) is 0 Å². The summed E-state index contributed by atoms with van der Waals surface area (Å²) in [5.41, 5.74) is 16.0. The number of nitrogens with zero attached hydrogens (tertiary/aromatic N) is 2. The third-order valence-corrected chi connectivity index (χ3v) is 17.3. The molecule has 0 N–H and O–H groups in total. The molecule has 10 rings (SSSR count). The van der Waals surface area contributed by atoms with E-state index in [0.717, 1.165) is 25.7 Å². The molecule has 2 aromatic heterocycles. The Morgan fingerprint density at radius 3 is 1.07 bits per heavy atom. The van der Waals surface area contributed by atoms with Gasteiger partial charge in [-0.3, -0.25) is 0 Å². The van der Waals surface area contributed by atoms with Crippen molar-refractivity contribution >= 4 is 97.0 Å². The van der Waals surface area contributed by atoms with E-state index in [0.29, 0.717) is 0 Å². The highest BCUT2D eigenvalue weighted by atomic mass is 79.9. The molecule has 10 aromatic rings. The van der Waals surface area contributed by atoms with Crippen LogP contribution in [0, 0.1) is 0 Å². The molecule has 0 aliphatic heterocycles. The van der Waals surface area contributed by atoms with Gasteiger partial charge in [-0.2, -0.15) is 0 Å². The van der Waals surface area contributed by atoms with Crippen molar-refractivity contribution in [1.29, 1.82) is 0 Å². The lowest BCUT2D eigenvalue weighted by molar-refractivity contribution is 0.661. The number of hydrogen-bond donors (Lipinski definition) is 0. The van der Waals surface area contributed by atoms with Crippen LogP contribution in [0.15, 0.2) is 142 Å². The molecule has 0 amide bonds. The Labute approximate surface area is 446 Å². The first kappa shape index (κ1) is 50.4. The minimum Gasteiger partial charge on any atom is -0.309 e. The predicted octanol–water partition coefficient (Wildman–Crippen LogP) is 21.9. The molecule has 4 heteroatoms. The van der Waals surface area contributed by atoms with E-state index in [9.17, 15) is 0 Å². The SMILES string of the molecule is CCCCCCc1cc(-n2c3ccc(-c4ccc5c(c4)c4c6ccccc6ccc4n5-c4cc(CCCCCC)c(Br)cc4CCCCCC)cc3c3c4ccccc4ccc32)c(CCCCCC)cc1Br. The molecule has 0 bridgehead atoms. The minimum atomic E-state index is 1.07. The zero-order valence-electron chi connectivity index (χ0n) is 43.5. The largest absolute Gasteiger partial charge is 0.309 e. The van der Waals surface area contributed by atoms with Crippen molar-refractivity contribution in [2.75, 3.05) is 0 Å². The maximum atomic E-state index is 4.09. The van der Waals surface area contributed by atoms with Crippen molar-refractivity contribution in [3.63, 3.8) is 0 Å². The van der Waals surface area contributed by atoms with Crippen LogP contribution in [0.5, 0.6) is 0 Å². The molecule has 0 atom stereocenters. The number of aryl methyl sites for hydroxylation is 4. The molecule has 0 aliphatic carbocycles. The van der Waals surface area contributed by atoms with Gasteiger partial charge < -0.3 is 9.13 Å². The highest BCUT2D eigenvalue weighted by Gasteiger charge is 2.22. The number of fused-ring (bicyclic) bond motifs is 10. The summed E-state index contributed by atoms with van der Waals surface area (Å²) in [7, 11) is 0. The van der Waals surface area contributed by atoms with Crippen molar-refractivity contribution in [2.45, 2.75) is 156 Å². The summed E-state index contributed by atoms with van der Waals surface area (Å²) in [6.45, 7) is 9.23. The quantitative estimate of drug-likeness (QED) is 0.0565. The monoisotopic (exact) mass is 1080 g/mol. The fourth-order valence-corrected chi connectivity index (χ4v) is 13.1. The van der Waals surface area contributed by atoms with E-state index in [1.54, 1.807) is 0 Å². The molecule has 72 heavy (non-hydrogen) atoms. The van der Waals surface area contributed by atoms with Gasteiger partial charge in [0.25, 0.3) is 0 Å². The maximum Gasteiger partial charge on any atom is 0.0547 e. The Balaban J connectivity index is 1.17. The Kier molecular flexibility index (Phi) is 16.3. The van der Waals surface area contributed by atoms with Crippen LogP contribution in [0.3, 0.4) is 0 Å². The summed E-state index contributed by atoms with van der Waals surface area (Å²) in [5.74, 6) is 0. The molecule has 0 radical (unpaired) electrons. The lowest BCUT2D eigenvalue weighted by atomic mass is 9.98. The van der Waals surface area contributed by atoms with Crippen LogP contribution in [-0.4, -0.2) is 9.13 Å². The predicted molar refractivity (Wildman–Crippen MR) is 322 cm³/mol. The zero-order chi connectivity index (χ0) is 49.6. The first-order valence-electron chi connectivity index (χ1n) is 28.0. The Morgan fingerprint density at radius 2 is 0.681 bits per heavy atom. The second kappa shape index (κ2) is 23.4. The van der Waals surface area contributed by atoms with Gasteiger partial charge in [0.05, 0.1) is 22.1 Å². The molecular weight excluding hydrogens is 1000 g/mol. The smallest absolute Gasteiger partial charge is 0.0547 e. The number of halogens is 2. The molecule has 0 fully saturated rings. The average Bonchev–Trinajstić information content (AvgIpc) is 3.92. The van der Waals surface area contributed by atoms with E-state index in [4.69, 9.17) is 0 Å². The first-order chi connectivity index (χ1) is 35.4. The van der Waals surface area contributed by atoms with Crippen LogP contribution in [0.2, 0.25) is 0 Å². The van der Waals surface area contributed by atoms with Gasteiger partial charge >= 0.3 is 0 Å². The van der Waals surface area contributed by atoms with Crippen molar-refractivity contribution < 1.29 is 0 Å². The van der Waals surface area contributed by atoms with Crippen LogP contribution < -0.4 is 0 Å². The van der Waals surface area contributed by atoms with E-state index in [-0.39, 0.29) is 0 Å². The minimum absolute atomic E-state index is 1.07. The number of rotatable bonds is 23. The third-order valence-electron chi connectivity index (χ3n) is 15.8. The second-order valence-corrected chi connectivity index (χ2v) is 22.6. The molecule has 2 heterocycles. The summed E-state index contributed by atoms with van der Waals surface area (Å²) in [5, 5.41) is 10.5. The Bertz CT molecular complexity index is 3280. The normalized spacial score (nSPS) is 12.0. The van der Waals surface area contributed by atoms with Crippen molar-refractivity contribution in [3.05, 3.63) is 165 Å². The van der Waals surface area contributed by atoms with Crippen molar-refractivity contribution in [2.24, 2.45) is 0 Å². The number of hydrogen-bond acceptors (Lipinski definition) is 0. The first-order valence-corrected chi connectivity index (χ1v) is 29.6. The summed E-state index contributed by atoms with van der Waals surface area (Å²) in [4.78, 5) is 0. The molecule has 370 valence electrons. The zero-order valence-corrected chi connectivity index (χ0v) is 46.7. The number of aromatic nitrogens is 2. The average molecular weight is 1080 g/mol. The number of benzene rings is 8. The van der Waals surface area contributed by atoms with Crippen molar-refractivity contribution in [3.8, 4) is 22.5 Å². The summed E-state index contributed by atoms with van der Waals surface area (Å²) < 4.78 is 7.77. The molecule has 0 spiro atoms. The molecule has 0 aliphatic rings. The molecule has 8 aromatic carbocycles. The Morgan fingerprint density at radius 1 is 0.319 bits per heavy atom. The molecule has 2 nitrogen and oxygen atoms in total. The van der Waals surface area contributed by atoms with Gasteiger partial charge in [-0.1, -0.05) is 209 Å². The molecule has 0 saturated carbocycles. The molecule has 0 unspecified atom stereocenters. The fraction of sp³-hybridized carbons (Fsp3) is 0.353. The Hall–Kier alpha value is -5.16. The topological polar surface area (TPSA) is 9.86 Å². The van der Waals surface area contributed by atoms with E-state index in [2.05, 4.69) is 202 Å². The molecule has 0 saturated heterocycles. The van der Waals surface area contributed by atoms with Crippen LogP contribution in [0.25, 0.3) is 87.7 Å².